The zero-order valence-electron chi connectivity index (χ0n) is 6.44. The molecule has 0 saturated heterocycles. The molecule has 0 rings (SSSR count). The smallest absolute Gasteiger partial charge is 0.0358 e. The van der Waals surface area contributed by atoms with Crippen molar-refractivity contribution in [2.45, 2.75) is 34.1 Å². The minimum atomic E-state index is 0.792. The minimum absolute atomic E-state index is 0.792. The molecule has 0 amide bonds. The standard InChI is InChI=1S/C8H17/c1-5-6-8(4)7(2)3/h6-8H,5H2,1-4H3. The fourth-order valence-corrected chi connectivity index (χ4v) is 0.644. The summed E-state index contributed by atoms with van der Waals surface area (Å²) < 4.78 is 0. The van der Waals surface area contributed by atoms with Crippen LogP contribution in [0.3, 0.4) is 0 Å². The van der Waals surface area contributed by atoms with Gasteiger partial charge in [-0.2, -0.15) is 0 Å². The van der Waals surface area contributed by atoms with Crippen molar-refractivity contribution < 1.29 is 0 Å². The highest BCUT2D eigenvalue weighted by molar-refractivity contribution is 4.72. The Bertz CT molecular complexity index is 46.0. The first-order valence-electron chi connectivity index (χ1n) is 3.51. The van der Waals surface area contributed by atoms with Gasteiger partial charge in [0.2, 0.25) is 0 Å². The number of rotatable bonds is 3. The summed E-state index contributed by atoms with van der Waals surface area (Å²) in [5.74, 6) is 1.61. The van der Waals surface area contributed by atoms with Gasteiger partial charge in [0.25, 0.3) is 0 Å². The quantitative estimate of drug-likeness (QED) is 0.528. The van der Waals surface area contributed by atoms with E-state index in [2.05, 4.69) is 34.1 Å². The third-order valence-corrected chi connectivity index (χ3v) is 1.66. The van der Waals surface area contributed by atoms with Crippen molar-refractivity contribution in [1.29, 1.82) is 0 Å². The van der Waals surface area contributed by atoms with E-state index in [4.69, 9.17) is 0 Å². The van der Waals surface area contributed by atoms with E-state index in [1.54, 1.807) is 0 Å². The molecule has 0 aromatic rings. The van der Waals surface area contributed by atoms with Crippen molar-refractivity contribution in [2.75, 3.05) is 0 Å². The maximum Gasteiger partial charge on any atom is -0.0358 e. The largest absolute Gasteiger partial charge is 0.0651 e. The Morgan fingerprint density at radius 3 is 1.88 bits per heavy atom. The summed E-state index contributed by atoms with van der Waals surface area (Å²) in [6.07, 6.45) is 3.57. The Morgan fingerprint density at radius 1 is 1.25 bits per heavy atom. The number of hydrogen-bond acceptors (Lipinski definition) is 0. The van der Waals surface area contributed by atoms with E-state index in [9.17, 15) is 0 Å². The lowest BCUT2D eigenvalue weighted by molar-refractivity contribution is 0.464. The molecule has 0 aliphatic rings. The zero-order chi connectivity index (χ0) is 6.57. The molecule has 0 N–H and O–H groups in total. The summed E-state index contributed by atoms with van der Waals surface area (Å²) in [6.45, 7) is 8.99. The van der Waals surface area contributed by atoms with Crippen LogP contribution in [0, 0.1) is 18.3 Å². The van der Waals surface area contributed by atoms with Gasteiger partial charge in [-0.1, -0.05) is 34.1 Å². The van der Waals surface area contributed by atoms with Gasteiger partial charge in [0, 0.05) is 0 Å². The predicted molar refractivity (Wildman–Crippen MR) is 38.6 cm³/mol. The molecule has 0 aromatic heterocycles. The van der Waals surface area contributed by atoms with Crippen LogP contribution in [-0.2, 0) is 0 Å². The average Bonchev–Trinajstić information content (AvgIpc) is 1.67. The third-order valence-electron chi connectivity index (χ3n) is 1.66. The van der Waals surface area contributed by atoms with Gasteiger partial charge in [-0.25, -0.2) is 0 Å². The molecule has 0 aliphatic carbocycles. The van der Waals surface area contributed by atoms with Gasteiger partial charge in [-0.05, 0) is 18.3 Å². The van der Waals surface area contributed by atoms with Crippen LogP contribution in [0.15, 0.2) is 0 Å². The zero-order valence-corrected chi connectivity index (χ0v) is 6.44. The van der Waals surface area contributed by atoms with Gasteiger partial charge < -0.3 is 0 Å². The Kier molecular flexibility index (Phi) is 3.94. The highest BCUT2D eigenvalue weighted by Crippen LogP contribution is 2.13. The van der Waals surface area contributed by atoms with E-state index in [-0.39, 0.29) is 0 Å². The maximum atomic E-state index is 2.37. The van der Waals surface area contributed by atoms with Crippen LogP contribution in [0.2, 0.25) is 0 Å². The first-order chi connectivity index (χ1) is 3.68. The van der Waals surface area contributed by atoms with Crippen LogP contribution in [0.5, 0.6) is 0 Å². The lowest BCUT2D eigenvalue weighted by Gasteiger charge is -2.12. The Labute approximate surface area is 53.3 Å². The van der Waals surface area contributed by atoms with Crippen molar-refractivity contribution in [1.82, 2.24) is 0 Å². The Hall–Kier alpha value is 0. The van der Waals surface area contributed by atoms with Crippen LogP contribution in [0.1, 0.15) is 34.1 Å². The normalized spacial score (nSPS) is 14.6. The second-order valence-electron chi connectivity index (χ2n) is 2.75. The van der Waals surface area contributed by atoms with Crippen molar-refractivity contribution >= 4 is 0 Å². The fourth-order valence-electron chi connectivity index (χ4n) is 0.644. The van der Waals surface area contributed by atoms with E-state index >= 15 is 0 Å². The fraction of sp³-hybridized carbons (Fsp3) is 0.875. The predicted octanol–water partition coefficient (Wildman–Crippen LogP) is 2.89. The van der Waals surface area contributed by atoms with E-state index in [1.807, 2.05) is 0 Å². The molecule has 0 bridgehead atoms. The molecule has 1 atom stereocenters. The molecule has 8 heavy (non-hydrogen) atoms. The molecular formula is C8H17. The average molecular weight is 113 g/mol. The van der Waals surface area contributed by atoms with Crippen LogP contribution in [0.4, 0.5) is 0 Å². The lowest BCUT2D eigenvalue weighted by Crippen LogP contribution is -2.02. The topological polar surface area (TPSA) is 0 Å². The van der Waals surface area contributed by atoms with Crippen molar-refractivity contribution in [3.63, 3.8) is 0 Å². The van der Waals surface area contributed by atoms with Crippen molar-refractivity contribution in [2.24, 2.45) is 11.8 Å². The molecule has 0 heteroatoms. The lowest BCUT2D eigenvalue weighted by atomic mass is 9.94. The van der Waals surface area contributed by atoms with Crippen LogP contribution in [0.25, 0.3) is 0 Å². The highest BCUT2D eigenvalue weighted by Gasteiger charge is 2.03. The van der Waals surface area contributed by atoms with Gasteiger partial charge in [-0.15, -0.1) is 0 Å². The molecule has 49 valence electrons. The first-order valence-corrected chi connectivity index (χ1v) is 3.51. The molecule has 0 spiro atoms. The Morgan fingerprint density at radius 2 is 1.75 bits per heavy atom. The Balaban J connectivity index is 3.17. The molecule has 0 saturated carbocycles. The van der Waals surface area contributed by atoms with Gasteiger partial charge in [-0.3, -0.25) is 0 Å². The highest BCUT2D eigenvalue weighted by atomic mass is 14.1. The summed E-state index contributed by atoms with van der Waals surface area (Å²) in [6, 6.07) is 0. The van der Waals surface area contributed by atoms with Gasteiger partial charge >= 0.3 is 0 Å². The monoisotopic (exact) mass is 113 g/mol. The first kappa shape index (κ1) is 8.00. The van der Waals surface area contributed by atoms with E-state index in [0.29, 0.717) is 0 Å². The van der Waals surface area contributed by atoms with Crippen LogP contribution >= 0.6 is 0 Å². The second-order valence-corrected chi connectivity index (χ2v) is 2.75. The van der Waals surface area contributed by atoms with Crippen LogP contribution < -0.4 is 0 Å². The van der Waals surface area contributed by atoms with E-state index in [1.165, 1.54) is 6.42 Å². The summed E-state index contributed by atoms with van der Waals surface area (Å²) in [7, 11) is 0. The third kappa shape index (κ3) is 3.06. The molecule has 1 radical (unpaired) electrons. The number of hydrogen-bond donors (Lipinski definition) is 0. The minimum Gasteiger partial charge on any atom is -0.0651 e. The molecule has 1 unspecified atom stereocenters. The summed E-state index contributed by atoms with van der Waals surface area (Å²) >= 11 is 0. The van der Waals surface area contributed by atoms with E-state index < -0.39 is 0 Å². The van der Waals surface area contributed by atoms with E-state index in [0.717, 1.165) is 11.8 Å². The molecular weight excluding hydrogens is 96.1 g/mol. The summed E-state index contributed by atoms with van der Waals surface area (Å²) in [4.78, 5) is 0. The van der Waals surface area contributed by atoms with Gasteiger partial charge in [0.15, 0.2) is 0 Å². The van der Waals surface area contributed by atoms with Crippen LogP contribution in [-0.4, -0.2) is 0 Å². The van der Waals surface area contributed by atoms with Crippen molar-refractivity contribution in [3.8, 4) is 0 Å². The molecule has 0 aliphatic heterocycles. The van der Waals surface area contributed by atoms with Gasteiger partial charge in [0.1, 0.15) is 0 Å². The summed E-state index contributed by atoms with van der Waals surface area (Å²) in [5, 5.41) is 0. The molecule has 0 aromatic carbocycles. The SMILES string of the molecule is CC[CH]C(C)C(C)C. The van der Waals surface area contributed by atoms with Gasteiger partial charge in [0.05, 0.1) is 0 Å². The molecule has 0 nitrogen and oxygen atoms in total. The second kappa shape index (κ2) is 3.94. The van der Waals surface area contributed by atoms with Crippen molar-refractivity contribution in [3.05, 3.63) is 6.42 Å². The molecule has 0 heterocycles. The summed E-state index contributed by atoms with van der Waals surface area (Å²) in [5.41, 5.74) is 0. The molecule has 0 fully saturated rings. The maximum absolute atomic E-state index is 2.37.